The van der Waals surface area contributed by atoms with Crippen LogP contribution in [0.15, 0.2) is 34.8 Å². The summed E-state index contributed by atoms with van der Waals surface area (Å²) in [5, 5.41) is 0.199. The Morgan fingerprint density at radius 2 is 1.89 bits per heavy atom. The van der Waals surface area contributed by atoms with E-state index in [0.717, 1.165) is 12.1 Å². The summed E-state index contributed by atoms with van der Waals surface area (Å²) in [4.78, 5) is 11.6. The zero-order chi connectivity index (χ0) is 20.2. The smallest absolute Gasteiger partial charge is 0.419 e. The monoisotopic (exact) mass is 464 g/mol. The van der Waals surface area contributed by atoms with Crippen LogP contribution in [0, 0.1) is 0 Å². The number of ether oxygens (including phenoxy) is 2. The van der Waals surface area contributed by atoms with E-state index in [1.165, 1.54) is 0 Å². The van der Waals surface area contributed by atoms with Crippen molar-refractivity contribution >= 4 is 33.5 Å². The lowest BCUT2D eigenvalue weighted by Crippen LogP contribution is -2.12. The summed E-state index contributed by atoms with van der Waals surface area (Å²) in [6.45, 7) is 3.12. The van der Waals surface area contributed by atoms with Crippen molar-refractivity contribution in [3.63, 3.8) is 0 Å². The Hall–Kier alpha value is -1.73. The minimum Gasteiger partial charge on any atom is -0.488 e. The number of carbonyl (C=O) groups excluding carboxylic acids is 1. The number of hydrogen-bond donors (Lipinski definition) is 0. The summed E-state index contributed by atoms with van der Waals surface area (Å²) in [6.07, 6.45) is -4.06. The molecule has 0 spiro atoms. The van der Waals surface area contributed by atoms with Gasteiger partial charge >= 0.3 is 12.1 Å². The van der Waals surface area contributed by atoms with Crippen molar-refractivity contribution in [3.8, 4) is 11.5 Å². The van der Waals surface area contributed by atoms with Gasteiger partial charge in [0.25, 0.3) is 0 Å². The standard InChI is InChI=1S/C19H17BrClF3O3/c1-3-11-8-13(19(22,23)24)17(9-15(11)21)26-10-12-14(20)6-5-7-16(12)27-18(25)4-2/h5-9H,3-4,10H2,1-2H3. The van der Waals surface area contributed by atoms with Crippen LogP contribution >= 0.6 is 27.5 Å². The molecule has 0 radical (unpaired) electrons. The molecule has 0 aromatic heterocycles. The van der Waals surface area contributed by atoms with Gasteiger partial charge in [0.05, 0.1) is 5.56 Å². The van der Waals surface area contributed by atoms with E-state index in [2.05, 4.69) is 15.9 Å². The second kappa shape index (κ2) is 8.97. The fraction of sp³-hybridized carbons (Fsp3) is 0.316. The summed E-state index contributed by atoms with van der Waals surface area (Å²) in [7, 11) is 0. The van der Waals surface area contributed by atoms with Gasteiger partial charge in [-0.15, -0.1) is 0 Å². The Bertz CT molecular complexity index is 838. The van der Waals surface area contributed by atoms with Gasteiger partial charge in [-0.2, -0.15) is 13.2 Å². The molecule has 146 valence electrons. The summed E-state index contributed by atoms with van der Waals surface area (Å²) in [5.41, 5.74) is -0.0965. The summed E-state index contributed by atoms with van der Waals surface area (Å²) >= 11 is 9.37. The minimum absolute atomic E-state index is 0.166. The molecule has 0 amide bonds. The Morgan fingerprint density at radius 3 is 2.48 bits per heavy atom. The van der Waals surface area contributed by atoms with Crippen molar-refractivity contribution in [1.29, 1.82) is 0 Å². The molecule has 3 nitrogen and oxygen atoms in total. The molecule has 0 N–H and O–H groups in total. The van der Waals surface area contributed by atoms with Crippen LogP contribution in [0.25, 0.3) is 0 Å². The van der Waals surface area contributed by atoms with Crippen LogP contribution in [-0.2, 0) is 24.0 Å². The van der Waals surface area contributed by atoms with Crippen molar-refractivity contribution in [2.75, 3.05) is 0 Å². The van der Waals surface area contributed by atoms with Crippen LogP contribution in [0.1, 0.15) is 37.0 Å². The minimum atomic E-state index is -4.59. The molecule has 2 aromatic carbocycles. The van der Waals surface area contributed by atoms with Gasteiger partial charge in [-0.25, -0.2) is 0 Å². The first-order chi connectivity index (χ1) is 12.7. The first-order valence-electron chi connectivity index (χ1n) is 8.17. The largest absolute Gasteiger partial charge is 0.488 e. The average Bonchev–Trinajstić information content (AvgIpc) is 2.60. The van der Waals surface area contributed by atoms with E-state index in [4.69, 9.17) is 21.1 Å². The molecule has 27 heavy (non-hydrogen) atoms. The third-order valence-corrected chi connectivity index (χ3v) is 4.89. The second-order valence-corrected chi connectivity index (χ2v) is 6.89. The molecular formula is C19H17BrClF3O3. The van der Waals surface area contributed by atoms with Crippen molar-refractivity contribution in [3.05, 3.63) is 56.5 Å². The second-order valence-electron chi connectivity index (χ2n) is 5.62. The lowest BCUT2D eigenvalue weighted by atomic mass is 10.1. The first kappa shape index (κ1) is 21.6. The summed E-state index contributed by atoms with van der Waals surface area (Å²) in [6, 6.07) is 7.04. The van der Waals surface area contributed by atoms with Gasteiger partial charge in [0.2, 0.25) is 0 Å². The first-order valence-corrected chi connectivity index (χ1v) is 9.34. The van der Waals surface area contributed by atoms with E-state index in [9.17, 15) is 18.0 Å². The Morgan fingerprint density at radius 1 is 1.19 bits per heavy atom. The zero-order valence-electron chi connectivity index (χ0n) is 14.6. The highest BCUT2D eigenvalue weighted by atomic mass is 79.9. The third-order valence-electron chi connectivity index (χ3n) is 3.80. The summed E-state index contributed by atoms with van der Waals surface area (Å²) in [5.74, 6) is -0.616. The fourth-order valence-corrected chi connectivity index (χ4v) is 3.08. The average molecular weight is 466 g/mol. The number of hydrogen-bond acceptors (Lipinski definition) is 3. The maximum absolute atomic E-state index is 13.4. The van der Waals surface area contributed by atoms with E-state index in [0.29, 0.717) is 22.0 Å². The molecule has 0 aliphatic heterocycles. The zero-order valence-corrected chi connectivity index (χ0v) is 17.0. The molecule has 0 fully saturated rings. The number of carbonyl (C=O) groups is 1. The Balaban J connectivity index is 2.37. The number of rotatable bonds is 6. The van der Waals surface area contributed by atoms with Crippen LogP contribution in [0.3, 0.4) is 0 Å². The predicted molar refractivity (Wildman–Crippen MR) is 100 cm³/mol. The van der Waals surface area contributed by atoms with Crippen LogP contribution in [0.4, 0.5) is 13.2 Å². The van der Waals surface area contributed by atoms with Gasteiger partial charge in [-0.05, 0) is 36.2 Å². The molecule has 0 aliphatic rings. The number of aryl methyl sites for hydroxylation is 1. The molecule has 0 saturated carbocycles. The molecular weight excluding hydrogens is 449 g/mol. The third kappa shape index (κ3) is 5.39. The summed E-state index contributed by atoms with van der Waals surface area (Å²) < 4.78 is 51.4. The number of alkyl halides is 3. The topological polar surface area (TPSA) is 35.5 Å². The maximum atomic E-state index is 13.4. The highest BCUT2D eigenvalue weighted by Crippen LogP contribution is 2.40. The quantitative estimate of drug-likeness (QED) is 0.357. The van der Waals surface area contributed by atoms with Crippen molar-refractivity contribution in [1.82, 2.24) is 0 Å². The van der Waals surface area contributed by atoms with E-state index in [-0.39, 0.29) is 29.5 Å². The molecule has 2 aromatic rings. The highest BCUT2D eigenvalue weighted by Gasteiger charge is 2.35. The molecule has 2 rings (SSSR count). The molecule has 0 heterocycles. The lowest BCUT2D eigenvalue weighted by molar-refractivity contribution is -0.139. The van der Waals surface area contributed by atoms with Gasteiger partial charge in [0.1, 0.15) is 18.1 Å². The van der Waals surface area contributed by atoms with Crippen LogP contribution in [-0.4, -0.2) is 5.97 Å². The van der Waals surface area contributed by atoms with Gasteiger partial charge in [-0.3, -0.25) is 4.79 Å². The molecule has 0 bridgehead atoms. The fourth-order valence-electron chi connectivity index (χ4n) is 2.33. The van der Waals surface area contributed by atoms with E-state index >= 15 is 0 Å². The molecule has 8 heteroatoms. The SMILES string of the molecule is CCC(=O)Oc1cccc(Br)c1COc1cc(Cl)c(CC)cc1C(F)(F)F. The lowest BCUT2D eigenvalue weighted by Gasteiger charge is -2.18. The Kier molecular flexibility index (Phi) is 7.17. The van der Waals surface area contributed by atoms with E-state index in [1.54, 1.807) is 32.0 Å². The van der Waals surface area contributed by atoms with Crippen molar-refractivity contribution in [2.45, 2.75) is 39.5 Å². The van der Waals surface area contributed by atoms with Gasteiger partial charge < -0.3 is 9.47 Å². The number of benzene rings is 2. The van der Waals surface area contributed by atoms with E-state index in [1.807, 2.05) is 0 Å². The van der Waals surface area contributed by atoms with Crippen LogP contribution < -0.4 is 9.47 Å². The Labute approximate surface area is 168 Å². The number of halogens is 5. The van der Waals surface area contributed by atoms with Gasteiger partial charge in [-0.1, -0.05) is 47.4 Å². The normalized spacial score (nSPS) is 11.4. The molecule has 0 atom stereocenters. The van der Waals surface area contributed by atoms with E-state index < -0.39 is 17.7 Å². The highest BCUT2D eigenvalue weighted by molar-refractivity contribution is 9.10. The van der Waals surface area contributed by atoms with Gasteiger partial charge in [0.15, 0.2) is 0 Å². The molecule has 0 saturated heterocycles. The molecule has 0 aliphatic carbocycles. The molecule has 0 unspecified atom stereocenters. The van der Waals surface area contributed by atoms with Crippen LogP contribution in [0.5, 0.6) is 11.5 Å². The van der Waals surface area contributed by atoms with Crippen LogP contribution in [0.2, 0.25) is 5.02 Å². The maximum Gasteiger partial charge on any atom is 0.419 e. The van der Waals surface area contributed by atoms with Gasteiger partial charge in [0, 0.05) is 21.5 Å². The number of esters is 1. The van der Waals surface area contributed by atoms with Crippen molar-refractivity contribution < 1.29 is 27.4 Å². The predicted octanol–water partition coefficient (Wildman–Crippen LogP) is 6.58. The van der Waals surface area contributed by atoms with Crippen molar-refractivity contribution in [2.24, 2.45) is 0 Å².